The average Bonchev–Trinajstić information content (AvgIpc) is 3.09. The molecule has 3 aromatic carbocycles. The van der Waals surface area contributed by atoms with Crippen molar-refractivity contribution in [2.75, 3.05) is 61.9 Å². The number of fused-ring (bicyclic) bond motifs is 2. The molecule has 1 aliphatic heterocycles. The number of aromatic nitrogens is 1. The zero-order chi connectivity index (χ0) is 35.9. The number of aryl methyl sites for hydroxylation is 2. The van der Waals surface area contributed by atoms with Crippen molar-refractivity contribution in [3.63, 3.8) is 0 Å². The second-order valence-corrected chi connectivity index (χ2v) is 11.4. The molecule has 10 heteroatoms. The molecule has 2 aliphatic rings. The molecule has 0 fully saturated rings. The fourth-order valence-corrected chi connectivity index (χ4v) is 5.58. The van der Waals surface area contributed by atoms with Crippen LogP contribution in [0.3, 0.4) is 0 Å². The number of rotatable bonds is 11. The molecule has 0 radical (unpaired) electrons. The van der Waals surface area contributed by atoms with Crippen molar-refractivity contribution in [1.82, 2.24) is 9.56 Å². The van der Waals surface area contributed by atoms with E-state index in [0.717, 1.165) is 90.0 Å². The lowest BCUT2D eigenvalue weighted by atomic mass is 10.1. The van der Waals surface area contributed by atoms with E-state index >= 15 is 0 Å². The number of phenolic OH excluding ortho intramolecular Hbond substituents is 1. The maximum absolute atomic E-state index is 9.18. The van der Waals surface area contributed by atoms with Crippen molar-refractivity contribution in [1.29, 1.82) is 0 Å². The Morgan fingerprint density at radius 1 is 0.816 bits per heavy atom. The largest absolute Gasteiger partial charge is 0.508 e. The second kappa shape index (κ2) is 19.1. The molecule has 1 aliphatic carbocycles. The average molecular weight is 672 g/mol. The van der Waals surface area contributed by atoms with E-state index < -0.39 is 0 Å². The van der Waals surface area contributed by atoms with E-state index in [2.05, 4.69) is 79.9 Å². The standard InChI is InChI=1S/C19H23N3O.C11H18N2O2.C9H13NO/c1-5-20-14-10-13(4)19-18(11-14)23-17-12-15(22(6-2)7-3)8-9-16(17)21-19;1-4-13(5-2)9-6-7-10(15-12)11(8-9)14-3;1-3-10-8-4-7(2)5-9(11)6-8/h8-12H,5-7H2,1-4H3;6-8H,4-5,12H2,1-3H3;4-6,10-11H,3H2,1-2H3/p+1. The Morgan fingerprint density at radius 3 is 2.06 bits per heavy atom. The number of nitrogens with zero attached hydrogens (tertiary/aromatic N) is 3. The van der Waals surface area contributed by atoms with Gasteiger partial charge in [0, 0.05) is 67.5 Å². The van der Waals surface area contributed by atoms with Gasteiger partial charge in [-0.25, -0.2) is 9.56 Å². The Balaban J connectivity index is 0.000000216. The van der Waals surface area contributed by atoms with Gasteiger partial charge in [-0.05, 0) is 103 Å². The van der Waals surface area contributed by atoms with Gasteiger partial charge in [0.25, 0.3) is 0 Å². The van der Waals surface area contributed by atoms with Crippen LogP contribution < -0.4 is 40.9 Å². The highest BCUT2D eigenvalue weighted by Gasteiger charge is 2.13. The number of phenols is 1. The van der Waals surface area contributed by atoms with Gasteiger partial charge in [-0.2, -0.15) is 5.90 Å². The number of ether oxygens (including phenoxy) is 1. The highest BCUT2D eigenvalue weighted by molar-refractivity contribution is 5.83. The Labute approximate surface area is 291 Å². The minimum atomic E-state index is 0.320. The van der Waals surface area contributed by atoms with Crippen molar-refractivity contribution in [2.45, 2.75) is 55.4 Å². The first kappa shape index (κ1) is 38.5. The number of methoxy groups -OCH3 is 1. The summed E-state index contributed by atoms with van der Waals surface area (Å²) in [5.41, 5.74) is 8.00. The molecular formula is C39H55N6O4+. The maximum Gasteiger partial charge on any atom is 0.203 e. The molecule has 0 saturated heterocycles. The normalized spacial score (nSPS) is 10.4. The fourth-order valence-electron chi connectivity index (χ4n) is 5.58. The highest BCUT2D eigenvalue weighted by Crippen LogP contribution is 2.31. The second-order valence-electron chi connectivity index (χ2n) is 11.4. The van der Waals surface area contributed by atoms with Crippen LogP contribution in [0, 0.1) is 13.8 Å². The summed E-state index contributed by atoms with van der Waals surface area (Å²) in [5.74, 6) is 7.48. The molecule has 5 N–H and O–H groups in total. The van der Waals surface area contributed by atoms with Crippen LogP contribution >= 0.6 is 0 Å². The van der Waals surface area contributed by atoms with Crippen LogP contribution in [0.4, 0.5) is 17.1 Å². The Morgan fingerprint density at radius 2 is 1.49 bits per heavy atom. The Hall–Kier alpha value is -4.96. The molecule has 0 saturated carbocycles. The van der Waals surface area contributed by atoms with Crippen molar-refractivity contribution in [3.05, 3.63) is 83.2 Å². The first-order valence-electron chi connectivity index (χ1n) is 17.2. The van der Waals surface area contributed by atoms with E-state index in [1.165, 1.54) is 5.36 Å². The van der Waals surface area contributed by atoms with Crippen molar-refractivity contribution >= 4 is 28.2 Å². The lowest BCUT2D eigenvalue weighted by Crippen LogP contribution is -2.29. The van der Waals surface area contributed by atoms with E-state index in [1.54, 1.807) is 19.2 Å². The quantitative estimate of drug-likeness (QED) is 0.0646. The number of benzene rings is 4. The van der Waals surface area contributed by atoms with Crippen LogP contribution in [-0.4, -0.2) is 56.5 Å². The molecule has 0 atom stereocenters. The van der Waals surface area contributed by atoms with Gasteiger partial charge in [0.2, 0.25) is 5.36 Å². The third-order valence-corrected chi connectivity index (χ3v) is 8.02. The van der Waals surface area contributed by atoms with Crippen LogP contribution in [0.2, 0.25) is 0 Å². The summed E-state index contributed by atoms with van der Waals surface area (Å²) < 4.78 is 13.7. The molecule has 5 rings (SSSR count). The van der Waals surface area contributed by atoms with E-state index in [9.17, 15) is 5.11 Å². The minimum absolute atomic E-state index is 0.320. The third-order valence-electron chi connectivity index (χ3n) is 8.02. The van der Waals surface area contributed by atoms with Gasteiger partial charge in [0.05, 0.1) is 13.2 Å². The first-order valence-corrected chi connectivity index (χ1v) is 17.2. The molecular weight excluding hydrogens is 616 g/mol. The lowest BCUT2D eigenvalue weighted by molar-refractivity contribution is 0.306. The number of nitrogens with two attached hydrogens (primary N) is 1. The van der Waals surface area contributed by atoms with Gasteiger partial charge >= 0.3 is 0 Å². The molecule has 1 heterocycles. The molecule has 0 amide bonds. The van der Waals surface area contributed by atoms with Gasteiger partial charge in [0.1, 0.15) is 30.0 Å². The molecule has 49 heavy (non-hydrogen) atoms. The maximum atomic E-state index is 9.18. The van der Waals surface area contributed by atoms with Crippen molar-refractivity contribution < 1.29 is 19.1 Å². The summed E-state index contributed by atoms with van der Waals surface area (Å²) in [6, 6.07) is 21.6. The lowest BCUT2D eigenvalue weighted by Gasteiger charge is -2.21. The number of hydrogen-bond acceptors (Lipinski definition) is 9. The first-order chi connectivity index (χ1) is 23.6. The minimum Gasteiger partial charge on any atom is -0.508 e. The van der Waals surface area contributed by atoms with E-state index in [-0.39, 0.29) is 0 Å². The predicted octanol–water partition coefficient (Wildman–Crippen LogP) is 7.41. The monoisotopic (exact) mass is 671 g/mol. The van der Waals surface area contributed by atoms with Crippen molar-refractivity contribution in [2.24, 2.45) is 5.90 Å². The molecule has 0 unspecified atom stereocenters. The third kappa shape index (κ3) is 10.5. The van der Waals surface area contributed by atoms with Crippen molar-refractivity contribution in [3.8, 4) is 28.7 Å². The smallest absolute Gasteiger partial charge is 0.203 e. The fraction of sp³-hybridized carbons (Fsp3) is 0.385. The summed E-state index contributed by atoms with van der Waals surface area (Å²) in [7, 11) is 1.60. The molecule has 0 bridgehead atoms. The van der Waals surface area contributed by atoms with E-state index in [0.29, 0.717) is 17.2 Å². The van der Waals surface area contributed by atoms with Crippen LogP contribution in [-0.2, 0) is 0 Å². The van der Waals surface area contributed by atoms with E-state index in [1.807, 2.05) is 50.2 Å². The van der Waals surface area contributed by atoms with Crippen LogP contribution in [0.15, 0.2) is 71.1 Å². The number of aromatic hydroxyl groups is 1. The SMILES string of the molecule is CCN(CC)c1ccc(ON)c(OC)c1.CCNc1cc(C)c2nc3ccc(=[N+](CC)CC)cc-3oc2c1.CCNc1cc(C)cc(O)c1. The highest BCUT2D eigenvalue weighted by atomic mass is 16.6. The summed E-state index contributed by atoms with van der Waals surface area (Å²) in [6.45, 7) is 22.3. The molecule has 3 aromatic rings. The molecule has 0 aromatic heterocycles. The van der Waals surface area contributed by atoms with E-state index in [4.69, 9.17) is 24.9 Å². The topological polar surface area (TPSA) is 121 Å². The summed E-state index contributed by atoms with van der Waals surface area (Å²) in [5, 5.41) is 16.8. The predicted molar refractivity (Wildman–Crippen MR) is 204 cm³/mol. The zero-order valence-corrected chi connectivity index (χ0v) is 30.7. The van der Waals surface area contributed by atoms with Crippen LogP contribution in [0.1, 0.15) is 52.7 Å². The van der Waals surface area contributed by atoms with Crippen LogP contribution in [0.25, 0.3) is 22.6 Å². The number of hydrogen-bond donors (Lipinski definition) is 4. The van der Waals surface area contributed by atoms with Gasteiger partial charge in [0.15, 0.2) is 22.8 Å². The Bertz CT molecular complexity index is 1790. The Kier molecular flexibility index (Phi) is 15.0. The van der Waals surface area contributed by atoms with Gasteiger partial charge in [-0.1, -0.05) is 0 Å². The molecule has 0 spiro atoms. The van der Waals surface area contributed by atoms with Gasteiger partial charge < -0.3 is 34.6 Å². The van der Waals surface area contributed by atoms with Gasteiger partial charge in [-0.3, -0.25) is 0 Å². The molecule has 264 valence electrons. The molecule has 10 nitrogen and oxygen atoms in total. The zero-order valence-electron chi connectivity index (χ0n) is 30.7. The van der Waals surface area contributed by atoms with Gasteiger partial charge in [-0.15, -0.1) is 0 Å². The number of anilines is 3. The van der Waals surface area contributed by atoms with Crippen LogP contribution in [0.5, 0.6) is 17.2 Å². The summed E-state index contributed by atoms with van der Waals surface area (Å²) >= 11 is 0. The number of nitrogens with one attached hydrogen (secondary N) is 2. The summed E-state index contributed by atoms with van der Waals surface area (Å²) in [6.07, 6.45) is 0. The summed E-state index contributed by atoms with van der Waals surface area (Å²) in [4.78, 5) is 11.7.